The molecule has 1 aliphatic heterocycles. The lowest BCUT2D eigenvalue weighted by atomic mass is 9.80. The molecule has 1 atom stereocenters. The molecule has 0 aliphatic carbocycles. The number of hydrogen-bond acceptors (Lipinski definition) is 2. The molecule has 1 heterocycles. The van der Waals surface area contributed by atoms with Crippen LogP contribution >= 0.6 is 0 Å². The Morgan fingerprint density at radius 3 is 2.41 bits per heavy atom. The van der Waals surface area contributed by atoms with E-state index < -0.39 is 0 Å². The molecule has 0 radical (unpaired) electrons. The quantitative estimate of drug-likeness (QED) is 0.702. The Bertz CT molecular complexity index is 454. The van der Waals surface area contributed by atoms with Gasteiger partial charge in [-0.05, 0) is 45.9 Å². The van der Waals surface area contributed by atoms with Crippen LogP contribution in [0.2, 0.25) is 0 Å². The van der Waals surface area contributed by atoms with Crippen LogP contribution in [0.5, 0.6) is 0 Å². The van der Waals surface area contributed by atoms with Gasteiger partial charge in [-0.1, -0.05) is 23.8 Å². The number of nitrogens with zero attached hydrogens (tertiary/aromatic N) is 1. The molecule has 1 aromatic carbocycles. The van der Waals surface area contributed by atoms with Gasteiger partial charge >= 0.3 is 0 Å². The maximum atomic E-state index is 5.69. The van der Waals surface area contributed by atoms with Crippen molar-refractivity contribution >= 4 is 11.6 Å². The van der Waals surface area contributed by atoms with E-state index in [0.717, 1.165) is 11.6 Å². The molecule has 2 rings (SSSR count). The number of hydrogen-bond donors (Lipinski definition) is 0. The molecule has 0 saturated carbocycles. The van der Waals surface area contributed by atoms with Crippen molar-refractivity contribution < 1.29 is 4.74 Å². The largest absolute Gasteiger partial charge is 0.472 e. The fraction of sp³-hybridized carbons (Fsp3) is 0.400. The molecular weight excluding hydrogens is 210 g/mol. The molecule has 90 valence electrons. The molecule has 1 aromatic rings. The van der Waals surface area contributed by atoms with E-state index in [9.17, 15) is 0 Å². The number of rotatable bonds is 2. The first-order chi connectivity index (χ1) is 8.04. The smallest absolute Gasteiger partial charge is 0.199 e. The van der Waals surface area contributed by atoms with Crippen LogP contribution in [0.3, 0.4) is 0 Å². The van der Waals surface area contributed by atoms with Gasteiger partial charge in [0.1, 0.15) is 6.10 Å². The summed E-state index contributed by atoms with van der Waals surface area (Å²) in [4.78, 5) is 4.55. The molecule has 0 spiro atoms. The van der Waals surface area contributed by atoms with Gasteiger partial charge in [-0.25, -0.2) is 4.99 Å². The summed E-state index contributed by atoms with van der Waals surface area (Å²) in [6, 6.07) is 8.17. The minimum Gasteiger partial charge on any atom is -0.472 e. The number of allylic oxidation sites excluding steroid dienone is 1. The average molecular weight is 229 g/mol. The van der Waals surface area contributed by atoms with Crippen LogP contribution in [0.15, 0.2) is 41.4 Å². The highest BCUT2D eigenvalue weighted by Gasteiger charge is 2.46. The summed E-state index contributed by atoms with van der Waals surface area (Å²) in [6.45, 7) is 8.40. The van der Waals surface area contributed by atoms with Crippen molar-refractivity contribution in [2.45, 2.75) is 33.8 Å². The van der Waals surface area contributed by atoms with Crippen LogP contribution in [0, 0.1) is 12.3 Å². The van der Waals surface area contributed by atoms with E-state index in [2.05, 4.69) is 44.0 Å². The SMILES string of the molecule is C/C=C/C1OC(=Nc2ccc(C)cc2)C1(C)C. The zero-order valence-corrected chi connectivity index (χ0v) is 10.9. The molecular formula is C15H19NO. The van der Waals surface area contributed by atoms with E-state index in [1.165, 1.54) is 5.56 Å². The minimum absolute atomic E-state index is 0.00258. The number of aryl methyl sites for hydroxylation is 1. The van der Waals surface area contributed by atoms with Crippen LogP contribution < -0.4 is 0 Å². The highest BCUT2D eigenvalue weighted by Crippen LogP contribution is 2.38. The Morgan fingerprint density at radius 1 is 1.24 bits per heavy atom. The zero-order chi connectivity index (χ0) is 12.5. The lowest BCUT2D eigenvalue weighted by Crippen LogP contribution is -2.51. The molecule has 2 heteroatoms. The highest BCUT2D eigenvalue weighted by molar-refractivity contribution is 5.90. The van der Waals surface area contributed by atoms with Crippen molar-refractivity contribution in [3.05, 3.63) is 42.0 Å². The van der Waals surface area contributed by atoms with Crippen LogP contribution in [0.25, 0.3) is 0 Å². The average Bonchev–Trinajstić information content (AvgIpc) is 2.30. The molecule has 1 fully saturated rings. The van der Waals surface area contributed by atoms with Crippen LogP contribution in [0.1, 0.15) is 26.3 Å². The summed E-state index contributed by atoms with van der Waals surface area (Å²) < 4.78 is 5.69. The summed E-state index contributed by atoms with van der Waals surface area (Å²) in [5, 5.41) is 0. The number of ether oxygens (including phenoxy) is 1. The van der Waals surface area contributed by atoms with Crippen molar-refractivity contribution in [2.75, 3.05) is 0 Å². The molecule has 0 N–H and O–H groups in total. The Balaban J connectivity index is 2.18. The van der Waals surface area contributed by atoms with Gasteiger partial charge in [0.05, 0.1) is 11.1 Å². The van der Waals surface area contributed by atoms with E-state index in [-0.39, 0.29) is 11.5 Å². The van der Waals surface area contributed by atoms with Crippen LogP contribution in [-0.2, 0) is 4.74 Å². The van der Waals surface area contributed by atoms with Gasteiger partial charge in [-0.15, -0.1) is 0 Å². The summed E-state index contributed by atoms with van der Waals surface area (Å²) in [5.74, 6) is 0.824. The van der Waals surface area contributed by atoms with Crippen molar-refractivity contribution in [2.24, 2.45) is 10.4 Å². The molecule has 1 unspecified atom stereocenters. The first-order valence-electron chi connectivity index (χ1n) is 5.99. The standard InChI is InChI=1S/C15H19NO/c1-5-6-13-15(3,4)14(17-13)16-12-9-7-11(2)8-10-12/h5-10,13H,1-4H3/b6-5+,16-14?. The van der Waals surface area contributed by atoms with Gasteiger partial charge in [0, 0.05) is 0 Å². The molecule has 2 nitrogen and oxygen atoms in total. The van der Waals surface area contributed by atoms with E-state index in [4.69, 9.17) is 4.74 Å². The maximum Gasteiger partial charge on any atom is 0.199 e. The van der Waals surface area contributed by atoms with Crippen LogP contribution in [-0.4, -0.2) is 12.0 Å². The first-order valence-corrected chi connectivity index (χ1v) is 5.99. The number of benzene rings is 1. The Morgan fingerprint density at radius 2 is 1.88 bits per heavy atom. The van der Waals surface area contributed by atoms with E-state index >= 15 is 0 Å². The minimum atomic E-state index is -0.00258. The third kappa shape index (κ3) is 2.26. The molecule has 0 aromatic heterocycles. The molecule has 0 amide bonds. The van der Waals surface area contributed by atoms with Gasteiger partial charge in [-0.2, -0.15) is 0 Å². The van der Waals surface area contributed by atoms with Gasteiger partial charge in [0.2, 0.25) is 0 Å². The second kappa shape index (κ2) is 4.36. The van der Waals surface area contributed by atoms with Crippen molar-refractivity contribution in [3.63, 3.8) is 0 Å². The Hall–Kier alpha value is -1.57. The summed E-state index contributed by atoms with van der Waals surface area (Å²) in [5.41, 5.74) is 2.20. The lowest BCUT2D eigenvalue weighted by molar-refractivity contribution is 0.0400. The van der Waals surface area contributed by atoms with Crippen molar-refractivity contribution in [1.29, 1.82) is 0 Å². The predicted molar refractivity (Wildman–Crippen MR) is 71.7 cm³/mol. The fourth-order valence-corrected chi connectivity index (χ4v) is 1.84. The zero-order valence-electron chi connectivity index (χ0n) is 10.9. The molecule has 1 aliphatic rings. The Labute approximate surface area is 103 Å². The Kier molecular flexibility index (Phi) is 3.05. The third-order valence-electron chi connectivity index (χ3n) is 3.13. The summed E-state index contributed by atoms with van der Waals surface area (Å²) in [6.07, 6.45) is 4.25. The van der Waals surface area contributed by atoms with E-state index in [0.29, 0.717) is 0 Å². The summed E-state index contributed by atoms with van der Waals surface area (Å²) in [7, 11) is 0. The lowest BCUT2D eigenvalue weighted by Gasteiger charge is -2.43. The first kappa shape index (κ1) is 11.9. The fourth-order valence-electron chi connectivity index (χ4n) is 1.84. The second-order valence-electron chi connectivity index (χ2n) is 5.04. The van der Waals surface area contributed by atoms with Crippen molar-refractivity contribution in [1.82, 2.24) is 0 Å². The predicted octanol–water partition coefficient (Wildman–Crippen LogP) is 4.03. The highest BCUT2D eigenvalue weighted by atomic mass is 16.5. The topological polar surface area (TPSA) is 21.6 Å². The molecule has 0 bridgehead atoms. The van der Waals surface area contributed by atoms with Gasteiger partial charge in [0.25, 0.3) is 0 Å². The third-order valence-corrected chi connectivity index (χ3v) is 3.13. The van der Waals surface area contributed by atoms with E-state index in [1.807, 2.05) is 25.1 Å². The van der Waals surface area contributed by atoms with Gasteiger partial charge in [-0.3, -0.25) is 0 Å². The molecule has 1 saturated heterocycles. The number of aliphatic imine (C=N–C) groups is 1. The van der Waals surface area contributed by atoms with Gasteiger partial charge in [0.15, 0.2) is 5.90 Å². The monoisotopic (exact) mass is 229 g/mol. The van der Waals surface area contributed by atoms with Crippen LogP contribution in [0.4, 0.5) is 5.69 Å². The normalized spacial score (nSPS) is 24.7. The molecule has 17 heavy (non-hydrogen) atoms. The van der Waals surface area contributed by atoms with Crippen molar-refractivity contribution in [3.8, 4) is 0 Å². The van der Waals surface area contributed by atoms with Gasteiger partial charge < -0.3 is 4.74 Å². The summed E-state index contributed by atoms with van der Waals surface area (Å²) >= 11 is 0. The van der Waals surface area contributed by atoms with E-state index in [1.54, 1.807) is 0 Å². The second-order valence-corrected chi connectivity index (χ2v) is 5.04. The maximum absolute atomic E-state index is 5.69.